The molecule has 4 nitrogen and oxygen atoms in total. The van der Waals surface area contributed by atoms with Gasteiger partial charge in [0.05, 0.1) is 0 Å². The van der Waals surface area contributed by atoms with E-state index in [0.29, 0.717) is 12.8 Å². The lowest BCUT2D eigenvalue weighted by Crippen LogP contribution is -2.09. The maximum absolute atomic E-state index is 10.2. The Hall–Kier alpha value is -0.900. The minimum Gasteiger partial charge on any atom is -0.373 e. The van der Waals surface area contributed by atoms with E-state index in [2.05, 4.69) is 10.7 Å². The van der Waals surface area contributed by atoms with Crippen LogP contribution < -0.4 is 5.90 Å². The Morgan fingerprint density at radius 1 is 1.67 bits per heavy atom. The predicted octanol–water partition coefficient (Wildman–Crippen LogP) is -0.228. The van der Waals surface area contributed by atoms with Crippen LogP contribution in [-0.2, 0) is 14.4 Å². The van der Waals surface area contributed by atoms with Gasteiger partial charge < -0.3 is 9.63 Å². The Morgan fingerprint density at radius 3 is 2.78 bits per heavy atom. The van der Waals surface area contributed by atoms with Crippen molar-refractivity contribution in [2.45, 2.75) is 19.3 Å². The largest absolute Gasteiger partial charge is 0.373 e. The average Bonchev–Trinajstić information content (AvgIpc) is 1.89. The highest BCUT2D eigenvalue weighted by Gasteiger charge is 1.97. The summed E-state index contributed by atoms with van der Waals surface area (Å²) in [4.78, 5) is 23.8. The molecule has 0 aliphatic carbocycles. The minimum atomic E-state index is -0.475. The molecular formula is C5H9NO3. The third-order valence-corrected chi connectivity index (χ3v) is 0.834. The van der Waals surface area contributed by atoms with E-state index in [1.807, 2.05) is 0 Å². The van der Waals surface area contributed by atoms with Crippen molar-refractivity contribution in [3.05, 3.63) is 0 Å². The van der Waals surface area contributed by atoms with Crippen LogP contribution in [0, 0.1) is 0 Å². The van der Waals surface area contributed by atoms with Crippen LogP contribution in [0.1, 0.15) is 19.3 Å². The first-order chi connectivity index (χ1) is 4.31. The topological polar surface area (TPSA) is 69.4 Å². The fourth-order valence-corrected chi connectivity index (χ4v) is 0.389. The van der Waals surface area contributed by atoms with Gasteiger partial charge in [0.25, 0.3) is 0 Å². The van der Waals surface area contributed by atoms with Crippen LogP contribution in [0.5, 0.6) is 0 Å². The first kappa shape index (κ1) is 8.10. The summed E-state index contributed by atoms with van der Waals surface area (Å²) in [6.45, 7) is 0. The summed E-state index contributed by atoms with van der Waals surface area (Å²) in [6.07, 6.45) is 1.87. The van der Waals surface area contributed by atoms with Crippen LogP contribution in [0.25, 0.3) is 0 Å². The molecule has 52 valence electrons. The number of unbranched alkanes of at least 4 members (excludes halogenated alkanes) is 1. The van der Waals surface area contributed by atoms with E-state index in [4.69, 9.17) is 0 Å². The van der Waals surface area contributed by atoms with Gasteiger partial charge >= 0.3 is 5.97 Å². The van der Waals surface area contributed by atoms with E-state index in [0.717, 1.165) is 6.29 Å². The summed E-state index contributed by atoms with van der Waals surface area (Å²) in [7, 11) is 0. The molecule has 0 aliphatic heterocycles. The average molecular weight is 131 g/mol. The van der Waals surface area contributed by atoms with Crippen LogP contribution in [0.3, 0.4) is 0 Å². The number of nitrogens with two attached hydrogens (primary N) is 1. The second-order valence-corrected chi connectivity index (χ2v) is 1.55. The number of aldehydes is 1. The van der Waals surface area contributed by atoms with E-state index in [-0.39, 0.29) is 6.42 Å². The van der Waals surface area contributed by atoms with Gasteiger partial charge in [-0.3, -0.25) is 4.79 Å². The SMILES string of the molecule is NOC(=O)CCCC=O. The molecule has 4 heteroatoms. The van der Waals surface area contributed by atoms with Crippen LogP contribution in [-0.4, -0.2) is 12.3 Å². The van der Waals surface area contributed by atoms with E-state index < -0.39 is 5.97 Å². The molecule has 0 amide bonds. The summed E-state index contributed by atoms with van der Waals surface area (Å²) < 4.78 is 0. The Kier molecular flexibility index (Phi) is 4.72. The maximum atomic E-state index is 10.2. The summed E-state index contributed by atoms with van der Waals surface area (Å²) in [6, 6.07) is 0. The summed E-state index contributed by atoms with van der Waals surface area (Å²) in [5.41, 5.74) is 0. The molecule has 0 aromatic rings. The van der Waals surface area contributed by atoms with Crippen molar-refractivity contribution in [3.8, 4) is 0 Å². The molecule has 0 aromatic carbocycles. The van der Waals surface area contributed by atoms with Crippen molar-refractivity contribution in [1.29, 1.82) is 0 Å². The van der Waals surface area contributed by atoms with Crippen LogP contribution in [0.2, 0.25) is 0 Å². The number of hydrogen-bond acceptors (Lipinski definition) is 4. The molecule has 0 radical (unpaired) electrons. The molecule has 0 atom stereocenters. The zero-order valence-electron chi connectivity index (χ0n) is 5.00. The highest BCUT2D eigenvalue weighted by Crippen LogP contribution is 1.92. The molecule has 0 aromatic heterocycles. The van der Waals surface area contributed by atoms with Crippen molar-refractivity contribution >= 4 is 12.3 Å². The molecule has 0 saturated heterocycles. The van der Waals surface area contributed by atoms with Gasteiger partial charge in [-0.2, -0.15) is 5.90 Å². The van der Waals surface area contributed by atoms with Gasteiger partial charge in [-0.05, 0) is 6.42 Å². The zero-order valence-corrected chi connectivity index (χ0v) is 5.00. The molecular weight excluding hydrogens is 122 g/mol. The minimum absolute atomic E-state index is 0.218. The second kappa shape index (κ2) is 5.24. The lowest BCUT2D eigenvalue weighted by Gasteiger charge is -1.92. The third kappa shape index (κ3) is 4.96. The summed E-state index contributed by atoms with van der Waals surface area (Å²) in [5.74, 6) is 4.04. The molecule has 0 heterocycles. The van der Waals surface area contributed by atoms with Gasteiger partial charge in [0.15, 0.2) is 0 Å². The Bertz CT molecular complexity index is 102. The molecule has 0 saturated carbocycles. The zero-order chi connectivity index (χ0) is 7.11. The summed E-state index contributed by atoms with van der Waals surface area (Å²) in [5, 5.41) is 0. The highest BCUT2D eigenvalue weighted by molar-refractivity contribution is 5.69. The van der Waals surface area contributed by atoms with Crippen LogP contribution >= 0.6 is 0 Å². The number of carbonyl (C=O) groups is 2. The lowest BCUT2D eigenvalue weighted by atomic mass is 10.2. The number of carbonyl (C=O) groups excluding carboxylic acids is 2. The quantitative estimate of drug-likeness (QED) is 0.325. The number of hydrogen-bond donors (Lipinski definition) is 1. The van der Waals surface area contributed by atoms with Gasteiger partial charge in [0, 0.05) is 12.8 Å². The lowest BCUT2D eigenvalue weighted by molar-refractivity contribution is -0.144. The predicted molar refractivity (Wildman–Crippen MR) is 30.2 cm³/mol. The van der Waals surface area contributed by atoms with E-state index in [1.54, 1.807) is 0 Å². The van der Waals surface area contributed by atoms with Crippen molar-refractivity contribution in [3.63, 3.8) is 0 Å². The van der Waals surface area contributed by atoms with Gasteiger partial charge in [0.1, 0.15) is 6.29 Å². The second-order valence-electron chi connectivity index (χ2n) is 1.55. The molecule has 0 unspecified atom stereocenters. The first-order valence-corrected chi connectivity index (χ1v) is 2.64. The summed E-state index contributed by atoms with van der Waals surface area (Å²) >= 11 is 0. The van der Waals surface area contributed by atoms with Gasteiger partial charge in [-0.1, -0.05) is 0 Å². The maximum Gasteiger partial charge on any atom is 0.324 e. The van der Waals surface area contributed by atoms with E-state index in [9.17, 15) is 9.59 Å². The molecule has 0 fully saturated rings. The molecule has 0 bridgehead atoms. The fraction of sp³-hybridized carbons (Fsp3) is 0.600. The first-order valence-electron chi connectivity index (χ1n) is 2.64. The van der Waals surface area contributed by atoms with Crippen LogP contribution in [0.4, 0.5) is 0 Å². The van der Waals surface area contributed by atoms with E-state index in [1.165, 1.54) is 0 Å². The molecule has 2 N–H and O–H groups in total. The molecule has 0 spiro atoms. The normalized spacial score (nSPS) is 8.56. The Morgan fingerprint density at radius 2 is 2.33 bits per heavy atom. The Labute approximate surface area is 52.9 Å². The smallest absolute Gasteiger partial charge is 0.324 e. The van der Waals surface area contributed by atoms with Crippen LogP contribution in [0.15, 0.2) is 0 Å². The molecule has 0 aliphatic rings. The van der Waals surface area contributed by atoms with Crippen molar-refractivity contribution in [2.24, 2.45) is 5.90 Å². The number of rotatable bonds is 4. The fourth-order valence-electron chi connectivity index (χ4n) is 0.389. The molecule has 0 rings (SSSR count). The van der Waals surface area contributed by atoms with Crippen molar-refractivity contribution in [2.75, 3.05) is 0 Å². The monoisotopic (exact) mass is 131 g/mol. The third-order valence-electron chi connectivity index (χ3n) is 0.834. The van der Waals surface area contributed by atoms with E-state index >= 15 is 0 Å². The highest BCUT2D eigenvalue weighted by atomic mass is 16.7. The van der Waals surface area contributed by atoms with Crippen molar-refractivity contribution < 1.29 is 14.4 Å². The standard InChI is InChI=1S/C5H9NO3/c6-9-5(8)3-1-2-4-7/h4H,1-3,6H2. The van der Waals surface area contributed by atoms with Crippen molar-refractivity contribution in [1.82, 2.24) is 0 Å². The van der Waals surface area contributed by atoms with Gasteiger partial charge in [-0.25, -0.2) is 0 Å². The Balaban J connectivity index is 3.06. The van der Waals surface area contributed by atoms with Gasteiger partial charge in [0.2, 0.25) is 0 Å². The molecule has 9 heavy (non-hydrogen) atoms. The van der Waals surface area contributed by atoms with Gasteiger partial charge in [-0.15, -0.1) is 0 Å².